The molecule has 2 N–H and O–H groups in total. The highest BCUT2D eigenvalue weighted by molar-refractivity contribution is 9.10. The van der Waals surface area contributed by atoms with E-state index in [1.54, 1.807) is 0 Å². The lowest BCUT2D eigenvalue weighted by atomic mass is 10.2. The van der Waals surface area contributed by atoms with Gasteiger partial charge in [0.1, 0.15) is 5.82 Å². The van der Waals surface area contributed by atoms with Crippen LogP contribution in [0.5, 0.6) is 0 Å². The maximum atomic E-state index is 13.1. The van der Waals surface area contributed by atoms with Crippen LogP contribution in [0.25, 0.3) is 10.9 Å². The summed E-state index contributed by atoms with van der Waals surface area (Å²) in [7, 11) is 0. The Balaban J connectivity index is 2.83. The van der Waals surface area contributed by atoms with Crippen molar-refractivity contribution in [1.82, 2.24) is 4.98 Å². The van der Waals surface area contributed by atoms with Crippen LogP contribution in [0, 0.1) is 11.6 Å². The summed E-state index contributed by atoms with van der Waals surface area (Å²) >= 11 is 3.01. The first-order valence-corrected chi connectivity index (χ1v) is 4.58. The predicted molar refractivity (Wildman–Crippen MR) is 53.8 cm³/mol. The molecule has 0 saturated heterocycles. The van der Waals surface area contributed by atoms with Crippen molar-refractivity contribution >= 4 is 32.7 Å². The third kappa shape index (κ3) is 1.43. The number of nitrogens with zero attached hydrogens (tertiary/aromatic N) is 1. The van der Waals surface area contributed by atoms with Crippen molar-refractivity contribution in [2.75, 3.05) is 5.73 Å². The average molecular weight is 259 g/mol. The Bertz CT molecular complexity index is 424. The molecule has 0 atom stereocenters. The molecule has 0 saturated carbocycles. The van der Waals surface area contributed by atoms with E-state index in [0.717, 1.165) is 6.07 Å². The lowest BCUT2D eigenvalue weighted by Gasteiger charge is -2.01. The first-order valence-electron chi connectivity index (χ1n) is 3.78. The minimum absolute atomic E-state index is 0.184. The first-order chi connectivity index (χ1) is 6.58. The number of pyridine rings is 1. The maximum absolute atomic E-state index is 13.1. The van der Waals surface area contributed by atoms with E-state index in [0.29, 0.717) is 10.9 Å². The molecule has 2 aromatic rings. The number of hydrogen-bond donors (Lipinski definition) is 1. The van der Waals surface area contributed by atoms with Gasteiger partial charge in [-0.2, -0.15) is 0 Å². The van der Waals surface area contributed by atoms with Gasteiger partial charge in [0.25, 0.3) is 0 Å². The Morgan fingerprint density at radius 2 is 1.79 bits per heavy atom. The monoisotopic (exact) mass is 258 g/mol. The fourth-order valence-corrected chi connectivity index (χ4v) is 1.49. The zero-order chi connectivity index (χ0) is 10.3. The molecule has 1 heterocycles. The lowest BCUT2D eigenvalue weighted by molar-refractivity contribution is 0.620. The van der Waals surface area contributed by atoms with Crippen molar-refractivity contribution in [2.45, 2.75) is 0 Å². The number of anilines is 1. The van der Waals surface area contributed by atoms with Gasteiger partial charge in [-0.3, -0.25) is 0 Å². The molecule has 2 nitrogen and oxygen atoms in total. The molecule has 14 heavy (non-hydrogen) atoms. The van der Waals surface area contributed by atoms with Crippen LogP contribution in [0.15, 0.2) is 22.7 Å². The van der Waals surface area contributed by atoms with Crippen molar-refractivity contribution in [2.24, 2.45) is 0 Å². The SMILES string of the molecule is Nc1nc2cc(Br)c(F)cc2cc1F. The first kappa shape index (κ1) is 9.33. The molecule has 72 valence electrons. The van der Waals surface area contributed by atoms with Gasteiger partial charge < -0.3 is 5.73 Å². The van der Waals surface area contributed by atoms with Gasteiger partial charge in [-0.15, -0.1) is 0 Å². The van der Waals surface area contributed by atoms with E-state index >= 15 is 0 Å². The summed E-state index contributed by atoms with van der Waals surface area (Å²) < 4.78 is 26.3. The van der Waals surface area contributed by atoms with Gasteiger partial charge in [0.2, 0.25) is 0 Å². The Kier molecular flexibility index (Phi) is 2.11. The smallest absolute Gasteiger partial charge is 0.165 e. The van der Waals surface area contributed by atoms with Gasteiger partial charge in [0, 0.05) is 5.39 Å². The molecule has 1 aromatic heterocycles. The van der Waals surface area contributed by atoms with E-state index < -0.39 is 11.6 Å². The highest BCUT2D eigenvalue weighted by Gasteiger charge is 2.06. The average Bonchev–Trinajstić information content (AvgIpc) is 2.11. The summed E-state index contributed by atoms with van der Waals surface area (Å²) in [6.45, 7) is 0. The zero-order valence-electron chi connectivity index (χ0n) is 6.89. The third-order valence-corrected chi connectivity index (χ3v) is 2.45. The standard InChI is InChI=1S/C9H5BrF2N2/c10-5-3-8-4(1-6(5)11)2-7(12)9(13)14-8/h1-3H,(H2,13,14). The van der Waals surface area contributed by atoms with Crippen LogP contribution in [0.3, 0.4) is 0 Å². The molecule has 0 fully saturated rings. The highest BCUT2D eigenvalue weighted by Crippen LogP contribution is 2.24. The second kappa shape index (κ2) is 3.16. The van der Waals surface area contributed by atoms with Crippen LogP contribution in [0.4, 0.5) is 14.6 Å². The highest BCUT2D eigenvalue weighted by atomic mass is 79.9. The fraction of sp³-hybridized carbons (Fsp3) is 0. The summed E-state index contributed by atoms with van der Waals surface area (Å²) in [5, 5.41) is 0.386. The molecule has 0 spiro atoms. The normalized spacial score (nSPS) is 10.8. The van der Waals surface area contributed by atoms with Crippen LogP contribution in [-0.4, -0.2) is 4.98 Å². The number of fused-ring (bicyclic) bond motifs is 1. The molecular formula is C9H5BrF2N2. The van der Waals surface area contributed by atoms with E-state index in [9.17, 15) is 8.78 Å². The van der Waals surface area contributed by atoms with E-state index in [1.165, 1.54) is 12.1 Å². The molecule has 0 amide bonds. The lowest BCUT2D eigenvalue weighted by Crippen LogP contribution is -1.95. The number of rotatable bonds is 0. The Labute approximate surface area is 86.9 Å². The van der Waals surface area contributed by atoms with E-state index in [-0.39, 0.29) is 10.3 Å². The van der Waals surface area contributed by atoms with Crippen LogP contribution >= 0.6 is 15.9 Å². The molecule has 0 aliphatic carbocycles. The van der Waals surface area contributed by atoms with E-state index in [2.05, 4.69) is 20.9 Å². The second-order valence-electron chi connectivity index (χ2n) is 2.81. The van der Waals surface area contributed by atoms with E-state index in [4.69, 9.17) is 5.73 Å². The molecule has 0 bridgehead atoms. The summed E-state index contributed by atoms with van der Waals surface area (Å²) in [5.74, 6) is -1.28. The Hall–Kier alpha value is -1.23. The molecule has 2 rings (SSSR count). The van der Waals surface area contributed by atoms with Gasteiger partial charge in [-0.1, -0.05) is 0 Å². The minimum atomic E-state index is -0.640. The molecule has 0 aliphatic heterocycles. The largest absolute Gasteiger partial charge is 0.381 e. The number of halogens is 3. The summed E-state index contributed by atoms with van der Waals surface area (Å²) in [6, 6.07) is 3.82. The number of benzene rings is 1. The van der Waals surface area contributed by atoms with Crippen molar-refractivity contribution in [3.63, 3.8) is 0 Å². The van der Waals surface area contributed by atoms with Crippen molar-refractivity contribution < 1.29 is 8.78 Å². The van der Waals surface area contributed by atoms with Gasteiger partial charge in [-0.05, 0) is 34.1 Å². The van der Waals surface area contributed by atoms with Crippen molar-refractivity contribution in [3.05, 3.63) is 34.3 Å². The maximum Gasteiger partial charge on any atom is 0.165 e. The molecular weight excluding hydrogens is 254 g/mol. The number of nitrogens with two attached hydrogens (primary N) is 1. The molecule has 0 radical (unpaired) electrons. The number of aromatic nitrogens is 1. The Morgan fingerprint density at radius 3 is 2.50 bits per heavy atom. The van der Waals surface area contributed by atoms with Crippen molar-refractivity contribution in [1.29, 1.82) is 0 Å². The summed E-state index contributed by atoms with van der Waals surface area (Å²) in [4.78, 5) is 3.78. The summed E-state index contributed by atoms with van der Waals surface area (Å²) in [5.41, 5.74) is 5.73. The van der Waals surface area contributed by atoms with Crippen LogP contribution < -0.4 is 5.73 Å². The van der Waals surface area contributed by atoms with E-state index in [1.807, 2.05) is 0 Å². The quantitative estimate of drug-likeness (QED) is 0.790. The number of nitrogen functional groups attached to an aromatic ring is 1. The molecule has 0 unspecified atom stereocenters. The van der Waals surface area contributed by atoms with Crippen LogP contribution in [0.1, 0.15) is 0 Å². The summed E-state index contributed by atoms with van der Waals surface area (Å²) in [6.07, 6.45) is 0. The Morgan fingerprint density at radius 1 is 1.14 bits per heavy atom. The van der Waals surface area contributed by atoms with Gasteiger partial charge in [0.15, 0.2) is 11.6 Å². The molecule has 0 aliphatic rings. The fourth-order valence-electron chi connectivity index (χ4n) is 1.16. The molecule has 1 aromatic carbocycles. The number of hydrogen-bond acceptors (Lipinski definition) is 2. The second-order valence-corrected chi connectivity index (χ2v) is 3.67. The topological polar surface area (TPSA) is 38.9 Å². The van der Waals surface area contributed by atoms with Crippen LogP contribution in [0.2, 0.25) is 0 Å². The minimum Gasteiger partial charge on any atom is -0.381 e. The predicted octanol–water partition coefficient (Wildman–Crippen LogP) is 2.86. The van der Waals surface area contributed by atoms with Crippen LogP contribution in [-0.2, 0) is 0 Å². The zero-order valence-corrected chi connectivity index (χ0v) is 8.48. The van der Waals surface area contributed by atoms with Gasteiger partial charge in [0.05, 0.1) is 9.99 Å². The third-order valence-electron chi connectivity index (χ3n) is 1.84. The molecule has 5 heteroatoms. The van der Waals surface area contributed by atoms with Gasteiger partial charge in [-0.25, -0.2) is 13.8 Å². The van der Waals surface area contributed by atoms with Crippen molar-refractivity contribution in [3.8, 4) is 0 Å². The van der Waals surface area contributed by atoms with Gasteiger partial charge >= 0.3 is 0 Å².